The molecule has 1 aliphatic carbocycles. The molecule has 0 unspecified atom stereocenters. The van der Waals surface area contributed by atoms with Gasteiger partial charge in [-0.2, -0.15) is 5.10 Å². The molecule has 4 rings (SSSR count). The molecule has 0 bridgehead atoms. The SMILES string of the molecule is O=C1CC[C@@H](CN(Cc2ccccn2)C(=O)c2n[nH]c3c2CCCC3)N1. The molecule has 26 heavy (non-hydrogen) atoms. The summed E-state index contributed by atoms with van der Waals surface area (Å²) < 4.78 is 0. The maximum absolute atomic E-state index is 13.3. The average molecular weight is 353 g/mol. The van der Waals surface area contributed by atoms with Crippen LogP contribution in [0, 0.1) is 0 Å². The zero-order valence-corrected chi connectivity index (χ0v) is 14.7. The fourth-order valence-corrected chi connectivity index (χ4v) is 3.79. The van der Waals surface area contributed by atoms with Crippen LogP contribution in [0.3, 0.4) is 0 Å². The molecule has 3 heterocycles. The molecule has 1 aliphatic heterocycles. The highest BCUT2D eigenvalue weighted by atomic mass is 16.2. The maximum Gasteiger partial charge on any atom is 0.275 e. The topological polar surface area (TPSA) is 91.0 Å². The number of carbonyl (C=O) groups is 2. The van der Waals surface area contributed by atoms with Gasteiger partial charge in [-0.05, 0) is 44.2 Å². The normalized spacial score (nSPS) is 19.1. The van der Waals surface area contributed by atoms with E-state index < -0.39 is 0 Å². The number of rotatable bonds is 5. The number of carbonyl (C=O) groups excluding carboxylic acids is 2. The van der Waals surface area contributed by atoms with Crippen LogP contribution in [-0.4, -0.2) is 44.5 Å². The van der Waals surface area contributed by atoms with Gasteiger partial charge in [0, 0.05) is 36.5 Å². The molecule has 0 radical (unpaired) electrons. The van der Waals surface area contributed by atoms with E-state index in [2.05, 4.69) is 20.5 Å². The highest BCUT2D eigenvalue weighted by molar-refractivity contribution is 5.94. The van der Waals surface area contributed by atoms with Crippen LogP contribution in [0.1, 0.15) is 53.1 Å². The Labute approximate surface area is 152 Å². The van der Waals surface area contributed by atoms with Gasteiger partial charge in [0.1, 0.15) is 0 Å². The smallest absolute Gasteiger partial charge is 0.275 e. The molecule has 0 spiro atoms. The Balaban J connectivity index is 1.57. The Morgan fingerprint density at radius 2 is 2.12 bits per heavy atom. The van der Waals surface area contributed by atoms with Crippen molar-refractivity contribution >= 4 is 11.8 Å². The molecule has 2 N–H and O–H groups in total. The Hall–Kier alpha value is -2.70. The molecular weight excluding hydrogens is 330 g/mol. The van der Waals surface area contributed by atoms with Crippen LogP contribution < -0.4 is 5.32 Å². The lowest BCUT2D eigenvalue weighted by atomic mass is 9.95. The quantitative estimate of drug-likeness (QED) is 0.854. The van der Waals surface area contributed by atoms with Crippen LogP contribution in [0.15, 0.2) is 24.4 Å². The lowest BCUT2D eigenvalue weighted by molar-refractivity contribution is -0.119. The first-order valence-electron chi connectivity index (χ1n) is 9.25. The van der Waals surface area contributed by atoms with E-state index in [1.165, 1.54) is 0 Å². The Kier molecular flexibility index (Phi) is 4.69. The van der Waals surface area contributed by atoms with E-state index in [9.17, 15) is 9.59 Å². The van der Waals surface area contributed by atoms with Gasteiger partial charge in [-0.25, -0.2) is 0 Å². The standard InChI is InChI=1S/C19H23N5O2/c25-17-9-8-14(21-17)12-24(11-13-5-3-4-10-20-13)19(26)18-15-6-1-2-7-16(15)22-23-18/h3-5,10,14H,1-2,6-9,11-12H2,(H,21,25)(H,22,23)/t14-/m0/s1. The van der Waals surface area contributed by atoms with Crippen molar-refractivity contribution in [2.24, 2.45) is 0 Å². The van der Waals surface area contributed by atoms with Crippen LogP contribution in [0.5, 0.6) is 0 Å². The van der Waals surface area contributed by atoms with Gasteiger partial charge in [-0.3, -0.25) is 19.7 Å². The predicted octanol–water partition coefficient (Wildman–Crippen LogP) is 1.60. The summed E-state index contributed by atoms with van der Waals surface area (Å²) in [6, 6.07) is 5.67. The van der Waals surface area contributed by atoms with Crippen LogP contribution in [0.2, 0.25) is 0 Å². The van der Waals surface area contributed by atoms with Gasteiger partial charge in [0.05, 0.1) is 12.2 Å². The van der Waals surface area contributed by atoms with Gasteiger partial charge in [0.15, 0.2) is 5.69 Å². The molecule has 1 fully saturated rings. The molecule has 2 aliphatic rings. The zero-order chi connectivity index (χ0) is 17.9. The first-order valence-corrected chi connectivity index (χ1v) is 9.25. The predicted molar refractivity (Wildman–Crippen MR) is 95.4 cm³/mol. The van der Waals surface area contributed by atoms with Crippen molar-refractivity contribution < 1.29 is 9.59 Å². The minimum Gasteiger partial charge on any atom is -0.352 e. The molecule has 0 saturated carbocycles. The Bertz CT molecular complexity index is 802. The number of hydrogen-bond acceptors (Lipinski definition) is 4. The van der Waals surface area contributed by atoms with Gasteiger partial charge in [0.25, 0.3) is 5.91 Å². The summed E-state index contributed by atoms with van der Waals surface area (Å²) in [6.07, 6.45) is 7.07. The Morgan fingerprint density at radius 3 is 2.88 bits per heavy atom. The summed E-state index contributed by atoms with van der Waals surface area (Å²) in [6.45, 7) is 0.885. The second-order valence-electron chi connectivity index (χ2n) is 7.05. The van der Waals surface area contributed by atoms with E-state index in [1.807, 2.05) is 18.2 Å². The van der Waals surface area contributed by atoms with Crippen molar-refractivity contribution in [2.45, 2.75) is 51.1 Å². The number of hydrogen-bond donors (Lipinski definition) is 2. The fourth-order valence-electron chi connectivity index (χ4n) is 3.79. The molecule has 136 valence electrons. The third kappa shape index (κ3) is 3.47. The summed E-state index contributed by atoms with van der Waals surface area (Å²) in [5, 5.41) is 10.3. The van der Waals surface area contributed by atoms with Crippen LogP contribution in [-0.2, 0) is 24.2 Å². The number of nitrogens with one attached hydrogen (secondary N) is 2. The number of aromatic nitrogens is 3. The molecular formula is C19H23N5O2. The monoisotopic (exact) mass is 353 g/mol. The summed E-state index contributed by atoms with van der Waals surface area (Å²) in [5.74, 6) is -0.0337. The van der Waals surface area contributed by atoms with Crippen LogP contribution >= 0.6 is 0 Å². The van der Waals surface area contributed by atoms with Crippen molar-refractivity contribution in [2.75, 3.05) is 6.54 Å². The summed E-state index contributed by atoms with van der Waals surface area (Å²) in [7, 11) is 0. The molecule has 2 aromatic rings. The van der Waals surface area contributed by atoms with E-state index in [-0.39, 0.29) is 17.9 Å². The first kappa shape index (κ1) is 16.8. The number of aromatic amines is 1. The largest absolute Gasteiger partial charge is 0.352 e. The second-order valence-corrected chi connectivity index (χ2v) is 7.05. The van der Waals surface area contributed by atoms with Gasteiger partial charge in [0.2, 0.25) is 5.91 Å². The first-order chi connectivity index (χ1) is 12.7. The number of nitrogens with zero attached hydrogens (tertiary/aromatic N) is 3. The fraction of sp³-hybridized carbons (Fsp3) is 0.474. The summed E-state index contributed by atoms with van der Waals surface area (Å²) >= 11 is 0. The van der Waals surface area contributed by atoms with Crippen molar-refractivity contribution in [1.82, 2.24) is 25.4 Å². The highest BCUT2D eigenvalue weighted by Crippen LogP contribution is 2.24. The number of pyridine rings is 1. The number of fused-ring (bicyclic) bond motifs is 1. The minimum atomic E-state index is -0.0868. The van der Waals surface area contributed by atoms with Gasteiger partial charge >= 0.3 is 0 Å². The third-order valence-electron chi connectivity index (χ3n) is 5.15. The molecule has 1 atom stereocenters. The zero-order valence-electron chi connectivity index (χ0n) is 14.7. The molecule has 7 heteroatoms. The van der Waals surface area contributed by atoms with Crippen LogP contribution in [0.4, 0.5) is 0 Å². The Morgan fingerprint density at radius 1 is 1.23 bits per heavy atom. The van der Waals surface area contributed by atoms with Crippen molar-refractivity contribution in [1.29, 1.82) is 0 Å². The molecule has 0 aromatic carbocycles. The van der Waals surface area contributed by atoms with Gasteiger partial charge < -0.3 is 10.2 Å². The molecule has 2 aromatic heterocycles. The summed E-state index contributed by atoms with van der Waals surface area (Å²) in [4.78, 5) is 30.9. The molecule has 1 saturated heterocycles. The second kappa shape index (κ2) is 7.27. The highest BCUT2D eigenvalue weighted by Gasteiger charge is 2.29. The van der Waals surface area contributed by atoms with Crippen molar-refractivity contribution in [3.05, 3.63) is 47.0 Å². The maximum atomic E-state index is 13.3. The van der Waals surface area contributed by atoms with E-state index in [4.69, 9.17) is 0 Å². The van der Waals surface area contributed by atoms with Gasteiger partial charge in [-0.15, -0.1) is 0 Å². The van der Waals surface area contributed by atoms with Crippen molar-refractivity contribution in [3.63, 3.8) is 0 Å². The van der Waals surface area contributed by atoms with Crippen LogP contribution in [0.25, 0.3) is 0 Å². The molecule has 2 amide bonds. The third-order valence-corrected chi connectivity index (χ3v) is 5.15. The van der Waals surface area contributed by atoms with E-state index in [0.717, 1.165) is 49.1 Å². The molecule has 7 nitrogen and oxygen atoms in total. The number of aryl methyl sites for hydroxylation is 1. The van der Waals surface area contributed by atoms with E-state index in [0.29, 0.717) is 25.2 Å². The number of amides is 2. The lowest BCUT2D eigenvalue weighted by Gasteiger charge is -2.25. The van der Waals surface area contributed by atoms with E-state index >= 15 is 0 Å². The minimum absolute atomic E-state index is 0.00932. The number of H-pyrrole nitrogens is 1. The average Bonchev–Trinajstić information content (AvgIpc) is 3.27. The van der Waals surface area contributed by atoms with E-state index in [1.54, 1.807) is 11.1 Å². The van der Waals surface area contributed by atoms with Gasteiger partial charge in [-0.1, -0.05) is 6.07 Å². The van der Waals surface area contributed by atoms with Crippen molar-refractivity contribution in [3.8, 4) is 0 Å². The lowest BCUT2D eigenvalue weighted by Crippen LogP contribution is -2.42. The summed E-state index contributed by atoms with van der Waals surface area (Å²) in [5.41, 5.74) is 3.50.